The average molecular weight is 333 g/mol. The lowest BCUT2D eigenvalue weighted by molar-refractivity contribution is 0.0613. The molecule has 0 spiro atoms. The van der Waals surface area contributed by atoms with Crippen molar-refractivity contribution in [1.29, 1.82) is 0 Å². The highest BCUT2D eigenvalue weighted by molar-refractivity contribution is 5.23. The Bertz CT molecular complexity index is 659. The van der Waals surface area contributed by atoms with Crippen molar-refractivity contribution in [3.63, 3.8) is 0 Å². The fourth-order valence-electron chi connectivity index (χ4n) is 2.68. The number of hydrogen-bond donors (Lipinski definition) is 1. The van der Waals surface area contributed by atoms with Crippen LogP contribution in [0.15, 0.2) is 48.5 Å². The van der Waals surface area contributed by atoms with Gasteiger partial charge in [-0.2, -0.15) is 0 Å². The van der Waals surface area contributed by atoms with Crippen LogP contribution in [0.1, 0.15) is 18.4 Å². The van der Waals surface area contributed by atoms with Gasteiger partial charge in [0.05, 0.1) is 0 Å². The Kier molecular flexibility index (Phi) is 5.43. The van der Waals surface area contributed by atoms with Crippen molar-refractivity contribution in [1.82, 2.24) is 4.90 Å². The zero-order chi connectivity index (χ0) is 16.9. The number of aliphatic hydroxyl groups is 1. The molecule has 0 amide bonds. The number of benzene rings is 2. The minimum absolute atomic E-state index is 0.0353. The Morgan fingerprint density at radius 2 is 1.79 bits per heavy atom. The van der Waals surface area contributed by atoms with Crippen LogP contribution in [0.2, 0.25) is 0 Å². The van der Waals surface area contributed by atoms with Crippen molar-refractivity contribution >= 4 is 0 Å². The standard InChI is InChI=1S/C19H21F2NO2/c20-15-7-5-14(6-8-15)11-22(16-9-10-16)12-17(23)13-24-19-4-2-1-3-18(19)21/h1-8,16-17,23H,9-13H2. The molecule has 1 unspecified atom stereocenters. The maximum Gasteiger partial charge on any atom is 0.165 e. The van der Waals surface area contributed by atoms with E-state index in [1.807, 2.05) is 0 Å². The van der Waals surface area contributed by atoms with Gasteiger partial charge in [0, 0.05) is 19.1 Å². The fourth-order valence-corrected chi connectivity index (χ4v) is 2.68. The van der Waals surface area contributed by atoms with E-state index in [-0.39, 0.29) is 18.2 Å². The minimum atomic E-state index is -0.717. The van der Waals surface area contributed by atoms with E-state index in [1.165, 1.54) is 18.2 Å². The third-order valence-electron chi connectivity index (χ3n) is 4.08. The first-order valence-electron chi connectivity index (χ1n) is 8.15. The molecule has 0 aromatic heterocycles. The Hall–Kier alpha value is -1.98. The molecule has 0 saturated heterocycles. The van der Waals surface area contributed by atoms with Gasteiger partial charge in [0.15, 0.2) is 11.6 Å². The van der Waals surface area contributed by atoms with Gasteiger partial charge in [-0.15, -0.1) is 0 Å². The van der Waals surface area contributed by atoms with E-state index in [4.69, 9.17) is 4.74 Å². The van der Waals surface area contributed by atoms with Crippen LogP contribution < -0.4 is 4.74 Å². The topological polar surface area (TPSA) is 32.7 Å². The molecule has 1 aliphatic rings. The van der Waals surface area contributed by atoms with Gasteiger partial charge in [-0.1, -0.05) is 24.3 Å². The van der Waals surface area contributed by atoms with Crippen LogP contribution in [0.5, 0.6) is 5.75 Å². The normalized spacial score (nSPS) is 15.5. The number of ether oxygens (including phenoxy) is 1. The summed E-state index contributed by atoms with van der Waals surface area (Å²) in [5.74, 6) is -0.543. The summed E-state index contributed by atoms with van der Waals surface area (Å²) in [4.78, 5) is 2.17. The van der Waals surface area contributed by atoms with Crippen LogP contribution >= 0.6 is 0 Å². The van der Waals surface area contributed by atoms with E-state index in [9.17, 15) is 13.9 Å². The Morgan fingerprint density at radius 1 is 1.08 bits per heavy atom. The molecule has 2 aromatic carbocycles. The smallest absolute Gasteiger partial charge is 0.165 e. The first-order chi connectivity index (χ1) is 11.6. The highest BCUT2D eigenvalue weighted by Gasteiger charge is 2.30. The third kappa shape index (κ3) is 4.76. The molecule has 0 heterocycles. The molecule has 2 aromatic rings. The summed E-state index contributed by atoms with van der Waals surface area (Å²) in [7, 11) is 0. The molecule has 0 aliphatic heterocycles. The van der Waals surface area contributed by atoms with Crippen molar-refractivity contribution in [3.8, 4) is 5.75 Å². The first kappa shape index (κ1) is 16.9. The van der Waals surface area contributed by atoms with Crippen molar-refractivity contribution in [3.05, 3.63) is 65.7 Å². The van der Waals surface area contributed by atoms with Crippen LogP contribution in [-0.2, 0) is 6.54 Å². The highest BCUT2D eigenvalue weighted by Crippen LogP contribution is 2.28. The van der Waals surface area contributed by atoms with E-state index in [2.05, 4.69) is 4.90 Å². The largest absolute Gasteiger partial charge is 0.488 e. The van der Waals surface area contributed by atoms with Crippen LogP contribution in [0.4, 0.5) is 8.78 Å². The van der Waals surface area contributed by atoms with Crippen LogP contribution in [-0.4, -0.2) is 35.3 Å². The van der Waals surface area contributed by atoms with Gasteiger partial charge in [-0.25, -0.2) is 8.78 Å². The summed E-state index contributed by atoms with van der Waals surface area (Å²) < 4.78 is 31.9. The highest BCUT2D eigenvalue weighted by atomic mass is 19.1. The number of hydrogen-bond acceptors (Lipinski definition) is 3. The molecular weight excluding hydrogens is 312 g/mol. The lowest BCUT2D eigenvalue weighted by Gasteiger charge is -2.25. The predicted molar refractivity (Wildman–Crippen MR) is 87.7 cm³/mol. The average Bonchev–Trinajstić information content (AvgIpc) is 3.40. The fraction of sp³-hybridized carbons (Fsp3) is 0.368. The van der Waals surface area contributed by atoms with Crippen molar-refractivity contribution in [2.45, 2.75) is 31.5 Å². The van der Waals surface area contributed by atoms with Gasteiger partial charge < -0.3 is 9.84 Å². The number of aliphatic hydroxyl groups excluding tert-OH is 1. The van der Waals surface area contributed by atoms with Gasteiger partial charge in [-0.05, 0) is 42.7 Å². The second-order valence-corrected chi connectivity index (χ2v) is 6.18. The van der Waals surface area contributed by atoms with Gasteiger partial charge in [0.25, 0.3) is 0 Å². The summed E-state index contributed by atoms with van der Waals surface area (Å²) in [6.45, 7) is 1.13. The van der Waals surface area contributed by atoms with Crippen molar-refractivity contribution < 1.29 is 18.6 Å². The molecule has 0 radical (unpaired) electrons. The molecule has 24 heavy (non-hydrogen) atoms. The van der Waals surface area contributed by atoms with E-state index < -0.39 is 11.9 Å². The molecule has 1 aliphatic carbocycles. The van der Waals surface area contributed by atoms with E-state index >= 15 is 0 Å². The van der Waals surface area contributed by atoms with E-state index in [0.717, 1.165) is 18.4 Å². The summed E-state index contributed by atoms with van der Waals surface area (Å²) >= 11 is 0. The second kappa shape index (κ2) is 7.73. The quantitative estimate of drug-likeness (QED) is 0.804. The maximum atomic E-state index is 13.5. The van der Waals surface area contributed by atoms with Crippen LogP contribution in [0, 0.1) is 11.6 Å². The molecule has 128 valence electrons. The van der Waals surface area contributed by atoms with E-state index in [1.54, 1.807) is 30.3 Å². The van der Waals surface area contributed by atoms with Gasteiger partial charge in [0.2, 0.25) is 0 Å². The van der Waals surface area contributed by atoms with Crippen molar-refractivity contribution in [2.24, 2.45) is 0 Å². The maximum absolute atomic E-state index is 13.5. The SMILES string of the molecule is OC(COc1ccccc1F)CN(Cc1ccc(F)cc1)C1CC1. The molecular formula is C19H21F2NO2. The zero-order valence-corrected chi connectivity index (χ0v) is 13.4. The molecule has 1 N–H and O–H groups in total. The van der Waals surface area contributed by atoms with Gasteiger partial charge >= 0.3 is 0 Å². The number of para-hydroxylation sites is 1. The first-order valence-corrected chi connectivity index (χ1v) is 8.15. The van der Waals surface area contributed by atoms with Gasteiger partial charge in [-0.3, -0.25) is 4.90 Å². The molecule has 3 rings (SSSR count). The lowest BCUT2D eigenvalue weighted by atomic mass is 10.2. The number of halogens is 2. The molecule has 1 atom stereocenters. The summed E-state index contributed by atoms with van der Waals surface area (Å²) in [5, 5.41) is 10.2. The lowest BCUT2D eigenvalue weighted by Crippen LogP contribution is -2.36. The van der Waals surface area contributed by atoms with Crippen LogP contribution in [0.3, 0.4) is 0 Å². The Labute approximate surface area is 140 Å². The molecule has 5 heteroatoms. The monoisotopic (exact) mass is 333 g/mol. The van der Waals surface area contributed by atoms with Gasteiger partial charge in [0.1, 0.15) is 18.5 Å². The molecule has 1 saturated carbocycles. The molecule has 3 nitrogen and oxygen atoms in total. The second-order valence-electron chi connectivity index (χ2n) is 6.18. The Balaban J connectivity index is 1.53. The van der Waals surface area contributed by atoms with Crippen LogP contribution in [0.25, 0.3) is 0 Å². The summed E-state index contributed by atoms with van der Waals surface area (Å²) in [5.41, 5.74) is 1.01. The van der Waals surface area contributed by atoms with Crippen molar-refractivity contribution in [2.75, 3.05) is 13.2 Å². The number of rotatable bonds is 8. The molecule has 0 bridgehead atoms. The number of nitrogens with zero attached hydrogens (tertiary/aromatic N) is 1. The predicted octanol–water partition coefficient (Wildman–Crippen LogP) is 3.37. The molecule has 1 fully saturated rings. The zero-order valence-electron chi connectivity index (χ0n) is 13.4. The summed E-state index contributed by atoms with van der Waals surface area (Å²) in [6.07, 6.45) is 1.48. The summed E-state index contributed by atoms with van der Waals surface area (Å²) in [6, 6.07) is 13.0. The minimum Gasteiger partial charge on any atom is -0.488 e. The Morgan fingerprint density at radius 3 is 2.46 bits per heavy atom. The van der Waals surface area contributed by atoms with E-state index in [0.29, 0.717) is 19.1 Å². The third-order valence-corrected chi connectivity index (χ3v) is 4.08.